The van der Waals surface area contributed by atoms with Crippen LogP contribution in [0.15, 0.2) is 78.4 Å². The van der Waals surface area contributed by atoms with Crippen molar-refractivity contribution in [1.29, 1.82) is 0 Å². The Kier molecular flexibility index (Phi) is 5.59. The normalized spacial score (nSPS) is 17.0. The maximum Gasteiger partial charge on any atom is 0.0798 e. The van der Waals surface area contributed by atoms with Crippen molar-refractivity contribution in [3.63, 3.8) is 0 Å². The summed E-state index contributed by atoms with van der Waals surface area (Å²) in [4.78, 5) is 0. The lowest BCUT2D eigenvalue weighted by Gasteiger charge is -2.26. The summed E-state index contributed by atoms with van der Waals surface area (Å²) in [5.41, 5.74) is 9.47. The Labute approximate surface area is 184 Å². The molecule has 1 aliphatic carbocycles. The van der Waals surface area contributed by atoms with E-state index in [-0.39, 0.29) is 5.41 Å². The van der Waals surface area contributed by atoms with Gasteiger partial charge < -0.3 is 0 Å². The topological polar surface area (TPSA) is 0 Å². The minimum atomic E-state index is -1.18. The molecule has 0 nitrogen and oxygen atoms in total. The molecular weight excluding hydrogens is 376 g/mol. The molecule has 0 aliphatic heterocycles. The van der Waals surface area contributed by atoms with E-state index in [0.717, 1.165) is 0 Å². The molecule has 4 rings (SSSR count). The number of benzene rings is 3. The monoisotopic (exact) mass is 410 g/mol. The first-order chi connectivity index (χ1) is 14.3. The van der Waals surface area contributed by atoms with Crippen molar-refractivity contribution >= 4 is 20.1 Å². The number of fused-ring (bicyclic) bond motifs is 1. The Morgan fingerprint density at radius 1 is 0.800 bits per heavy atom. The van der Waals surface area contributed by atoms with Crippen molar-refractivity contribution in [2.24, 2.45) is 5.92 Å². The summed E-state index contributed by atoms with van der Waals surface area (Å²) in [7, 11) is -1.18. The standard InChI is InChI=1S/C29H34Si/c1-20(2)26-19-27-24(21-15-17-22(18-16-21)29(3,4)5)13-10-14-25(27)28(26)30(6)23-11-8-7-9-12-23/h7-20,28,30H,1-6H3. The predicted octanol–water partition coefficient (Wildman–Crippen LogP) is 7.09. The van der Waals surface area contributed by atoms with Gasteiger partial charge in [-0.25, -0.2) is 0 Å². The van der Waals surface area contributed by atoms with Gasteiger partial charge in [-0.2, -0.15) is 0 Å². The van der Waals surface area contributed by atoms with Gasteiger partial charge in [0, 0.05) is 5.54 Å². The Morgan fingerprint density at radius 2 is 1.47 bits per heavy atom. The maximum atomic E-state index is 2.52. The van der Waals surface area contributed by atoms with Gasteiger partial charge in [-0.05, 0) is 39.2 Å². The van der Waals surface area contributed by atoms with Crippen LogP contribution >= 0.6 is 0 Å². The van der Waals surface area contributed by atoms with Crippen molar-refractivity contribution < 1.29 is 0 Å². The highest BCUT2D eigenvalue weighted by molar-refractivity contribution is 6.74. The number of hydrogen-bond acceptors (Lipinski definition) is 0. The average Bonchev–Trinajstić information content (AvgIpc) is 3.13. The molecule has 0 fully saturated rings. The second-order valence-corrected chi connectivity index (χ2v) is 13.0. The zero-order valence-corrected chi connectivity index (χ0v) is 20.4. The van der Waals surface area contributed by atoms with Crippen LogP contribution in [-0.4, -0.2) is 8.80 Å². The van der Waals surface area contributed by atoms with Gasteiger partial charge in [0.15, 0.2) is 0 Å². The molecule has 3 aromatic rings. The first-order valence-corrected chi connectivity index (χ1v) is 13.7. The molecular formula is C29H34Si. The molecule has 1 heteroatoms. The van der Waals surface area contributed by atoms with Crippen LogP contribution in [0.1, 0.15) is 56.9 Å². The molecule has 0 N–H and O–H groups in total. The van der Waals surface area contributed by atoms with Gasteiger partial charge in [-0.15, -0.1) is 0 Å². The Hall–Kier alpha value is -2.38. The Balaban J connectivity index is 1.80. The van der Waals surface area contributed by atoms with E-state index in [4.69, 9.17) is 0 Å². The molecule has 1 aliphatic rings. The van der Waals surface area contributed by atoms with Crippen LogP contribution in [0.5, 0.6) is 0 Å². The van der Waals surface area contributed by atoms with Gasteiger partial charge in [0.05, 0.1) is 8.80 Å². The summed E-state index contributed by atoms with van der Waals surface area (Å²) < 4.78 is 0. The van der Waals surface area contributed by atoms with E-state index in [0.29, 0.717) is 11.5 Å². The molecule has 3 aromatic carbocycles. The lowest BCUT2D eigenvalue weighted by Crippen LogP contribution is -2.34. The molecule has 2 unspecified atom stereocenters. The SMILES string of the molecule is CC(C)C1=Cc2c(-c3ccc(C(C)(C)C)cc3)cccc2C1[SiH](C)c1ccccc1. The van der Waals surface area contributed by atoms with Crippen molar-refractivity contribution in [1.82, 2.24) is 0 Å². The number of hydrogen-bond donors (Lipinski definition) is 0. The van der Waals surface area contributed by atoms with E-state index < -0.39 is 8.80 Å². The number of allylic oxidation sites excluding steroid dienone is 1. The summed E-state index contributed by atoms with van der Waals surface area (Å²) in [5, 5.41) is 1.56. The molecule has 154 valence electrons. The highest BCUT2D eigenvalue weighted by Crippen LogP contribution is 2.45. The fraction of sp³-hybridized carbons (Fsp3) is 0.310. The molecule has 0 bridgehead atoms. The van der Waals surface area contributed by atoms with Crippen LogP contribution in [0, 0.1) is 5.92 Å². The second-order valence-electron chi connectivity index (χ2n) is 10.1. The fourth-order valence-corrected chi connectivity index (χ4v) is 7.99. The van der Waals surface area contributed by atoms with Gasteiger partial charge in [0.25, 0.3) is 0 Å². The molecule has 0 saturated heterocycles. The van der Waals surface area contributed by atoms with E-state index >= 15 is 0 Å². The molecule has 2 atom stereocenters. The third-order valence-corrected chi connectivity index (χ3v) is 9.88. The molecule has 0 aromatic heterocycles. The van der Waals surface area contributed by atoms with Crippen LogP contribution in [0.2, 0.25) is 6.55 Å². The van der Waals surface area contributed by atoms with Crippen molar-refractivity contribution in [3.8, 4) is 11.1 Å². The van der Waals surface area contributed by atoms with E-state index in [2.05, 4.69) is 120 Å². The van der Waals surface area contributed by atoms with E-state index in [1.54, 1.807) is 16.3 Å². The first-order valence-electron chi connectivity index (χ1n) is 11.3. The molecule has 30 heavy (non-hydrogen) atoms. The van der Waals surface area contributed by atoms with Crippen molar-refractivity contribution in [2.45, 2.75) is 52.1 Å². The third-order valence-electron chi connectivity index (χ3n) is 6.70. The summed E-state index contributed by atoms with van der Waals surface area (Å²) in [6.45, 7) is 14.1. The third kappa shape index (κ3) is 3.84. The second kappa shape index (κ2) is 8.04. The fourth-order valence-electron chi connectivity index (χ4n) is 4.89. The van der Waals surface area contributed by atoms with Crippen LogP contribution in [0.4, 0.5) is 0 Å². The summed E-state index contributed by atoms with van der Waals surface area (Å²) >= 11 is 0. The largest absolute Gasteiger partial charge is 0.0798 e. The van der Waals surface area contributed by atoms with Gasteiger partial charge in [-0.3, -0.25) is 0 Å². The zero-order valence-electron chi connectivity index (χ0n) is 19.2. The Bertz CT molecular complexity index is 1050. The van der Waals surface area contributed by atoms with Gasteiger partial charge in [0.1, 0.15) is 0 Å². The van der Waals surface area contributed by atoms with Gasteiger partial charge in [-0.1, -0.05) is 131 Å². The molecule has 0 radical (unpaired) electrons. The average molecular weight is 411 g/mol. The van der Waals surface area contributed by atoms with Crippen LogP contribution < -0.4 is 5.19 Å². The molecule has 0 heterocycles. The maximum absolute atomic E-state index is 2.52. The zero-order chi connectivity index (χ0) is 21.5. The Morgan fingerprint density at radius 3 is 2.07 bits per heavy atom. The van der Waals surface area contributed by atoms with Crippen molar-refractivity contribution in [3.05, 3.63) is 95.1 Å². The smallest absolute Gasteiger partial charge is 0.0673 e. The highest BCUT2D eigenvalue weighted by atomic mass is 28.3. The van der Waals surface area contributed by atoms with Crippen LogP contribution in [0.3, 0.4) is 0 Å². The highest BCUT2D eigenvalue weighted by Gasteiger charge is 2.34. The first kappa shape index (κ1) is 20.9. The molecule has 0 spiro atoms. The molecule has 0 amide bonds. The van der Waals surface area contributed by atoms with Gasteiger partial charge in [0.2, 0.25) is 0 Å². The summed E-state index contributed by atoms with van der Waals surface area (Å²) in [6.07, 6.45) is 2.52. The quantitative estimate of drug-likeness (QED) is 0.403. The van der Waals surface area contributed by atoms with Crippen molar-refractivity contribution in [2.75, 3.05) is 0 Å². The van der Waals surface area contributed by atoms with Crippen LogP contribution in [0.25, 0.3) is 17.2 Å². The predicted molar refractivity (Wildman–Crippen MR) is 135 cm³/mol. The van der Waals surface area contributed by atoms with Crippen LogP contribution in [-0.2, 0) is 5.41 Å². The summed E-state index contributed by atoms with van der Waals surface area (Å²) in [6, 6.07) is 27.4. The van der Waals surface area contributed by atoms with E-state index in [1.165, 1.54) is 22.3 Å². The number of rotatable bonds is 4. The van der Waals surface area contributed by atoms with Gasteiger partial charge >= 0.3 is 0 Å². The lowest BCUT2D eigenvalue weighted by molar-refractivity contribution is 0.590. The lowest BCUT2D eigenvalue weighted by atomic mass is 9.86. The summed E-state index contributed by atoms with van der Waals surface area (Å²) in [5.74, 6) is 0.567. The minimum Gasteiger partial charge on any atom is -0.0673 e. The van der Waals surface area contributed by atoms with E-state index in [1.807, 2.05) is 0 Å². The minimum absolute atomic E-state index is 0.184. The van der Waals surface area contributed by atoms with E-state index in [9.17, 15) is 0 Å². The molecule has 0 saturated carbocycles.